The van der Waals surface area contributed by atoms with Gasteiger partial charge in [0.1, 0.15) is 11.7 Å². The second kappa shape index (κ2) is 2.69. The quantitative estimate of drug-likeness (QED) is 0.640. The van der Waals surface area contributed by atoms with Crippen molar-refractivity contribution >= 4 is 5.84 Å². The second-order valence-corrected chi connectivity index (χ2v) is 3.01. The molecule has 2 nitrogen and oxygen atoms in total. The molecule has 1 aliphatic heterocycles. The highest BCUT2D eigenvalue weighted by Crippen LogP contribution is 2.21. The third kappa shape index (κ3) is 1.22. The van der Waals surface area contributed by atoms with Crippen molar-refractivity contribution in [1.82, 2.24) is 0 Å². The first-order valence-electron chi connectivity index (χ1n) is 3.98. The van der Waals surface area contributed by atoms with Crippen LogP contribution in [0, 0.1) is 5.82 Å². The Morgan fingerprint density at radius 1 is 1.46 bits per heavy atom. The largest absolute Gasteiger partial charge is 0.383 e. The summed E-state index contributed by atoms with van der Waals surface area (Å²) in [5.41, 5.74) is 7.52. The lowest BCUT2D eigenvalue weighted by molar-refractivity contribution is 0.611. The van der Waals surface area contributed by atoms with Gasteiger partial charge in [0.25, 0.3) is 0 Å². The third-order valence-electron chi connectivity index (χ3n) is 2.05. The van der Waals surface area contributed by atoms with E-state index in [1.165, 1.54) is 6.07 Å². The number of rotatable bonds is 0. The van der Waals surface area contributed by atoms with Crippen LogP contribution in [0.4, 0.5) is 4.39 Å². The predicted molar refractivity (Wildman–Crippen MR) is 50.0 cm³/mol. The Labute approximate surface area is 75.6 Å². The summed E-state index contributed by atoms with van der Waals surface area (Å²) >= 11 is 0. The lowest BCUT2D eigenvalue weighted by Gasteiger charge is -2.15. The van der Waals surface area contributed by atoms with Gasteiger partial charge < -0.3 is 5.73 Å². The van der Waals surface area contributed by atoms with Gasteiger partial charge in [0.15, 0.2) is 0 Å². The van der Waals surface area contributed by atoms with E-state index in [-0.39, 0.29) is 5.82 Å². The Morgan fingerprint density at radius 2 is 2.23 bits per heavy atom. The summed E-state index contributed by atoms with van der Waals surface area (Å²) in [5, 5.41) is 0. The average molecular weight is 176 g/mol. The van der Waals surface area contributed by atoms with Gasteiger partial charge in [-0.1, -0.05) is 18.7 Å². The van der Waals surface area contributed by atoms with Gasteiger partial charge in [-0.3, -0.25) is 0 Å². The number of hydrogen-bond acceptors (Lipinski definition) is 2. The standard InChI is InChI=1S/C10H9FN2/c1-6-5-8-7(10(12)13-6)3-2-4-9(8)11/h2-4H,1,5H2,(H2,12,13). The van der Waals surface area contributed by atoms with Crippen molar-refractivity contribution in [3.05, 3.63) is 47.4 Å². The first kappa shape index (κ1) is 7.98. The summed E-state index contributed by atoms with van der Waals surface area (Å²) in [6, 6.07) is 4.82. The number of amidine groups is 1. The lowest BCUT2D eigenvalue weighted by atomic mass is 9.99. The van der Waals surface area contributed by atoms with Crippen molar-refractivity contribution in [2.24, 2.45) is 10.7 Å². The van der Waals surface area contributed by atoms with Gasteiger partial charge in [0.05, 0.1) is 0 Å². The first-order chi connectivity index (χ1) is 6.18. The van der Waals surface area contributed by atoms with Gasteiger partial charge >= 0.3 is 0 Å². The number of fused-ring (bicyclic) bond motifs is 1. The van der Waals surface area contributed by atoms with Crippen molar-refractivity contribution in [2.75, 3.05) is 0 Å². The SMILES string of the molecule is C=C1Cc2c(F)cccc2C(N)=N1. The third-order valence-corrected chi connectivity index (χ3v) is 2.05. The van der Waals surface area contributed by atoms with E-state index >= 15 is 0 Å². The number of nitrogens with zero attached hydrogens (tertiary/aromatic N) is 1. The Morgan fingerprint density at radius 3 is 3.00 bits per heavy atom. The minimum absolute atomic E-state index is 0.239. The van der Waals surface area contributed by atoms with Crippen LogP contribution in [0.15, 0.2) is 35.5 Å². The van der Waals surface area contributed by atoms with Gasteiger partial charge in [-0.25, -0.2) is 9.38 Å². The molecule has 0 atom stereocenters. The average Bonchev–Trinajstić information content (AvgIpc) is 2.07. The zero-order chi connectivity index (χ0) is 9.42. The fraction of sp³-hybridized carbons (Fsp3) is 0.100. The van der Waals surface area contributed by atoms with Crippen molar-refractivity contribution < 1.29 is 4.39 Å². The number of nitrogens with two attached hydrogens (primary N) is 1. The minimum atomic E-state index is -0.239. The van der Waals surface area contributed by atoms with E-state index in [1.807, 2.05) is 0 Å². The molecular weight excluding hydrogens is 167 g/mol. The van der Waals surface area contributed by atoms with Crippen LogP contribution in [0.3, 0.4) is 0 Å². The molecule has 0 bridgehead atoms. The number of benzene rings is 1. The molecule has 1 heterocycles. The zero-order valence-corrected chi connectivity index (χ0v) is 7.05. The molecule has 1 aliphatic rings. The van der Waals surface area contributed by atoms with Crippen molar-refractivity contribution in [3.63, 3.8) is 0 Å². The first-order valence-corrected chi connectivity index (χ1v) is 3.98. The van der Waals surface area contributed by atoms with Gasteiger partial charge in [-0.05, 0) is 6.07 Å². The van der Waals surface area contributed by atoms with Crippen LogP contribution in [0.25, 0.3) is 0 Å². The summed E-state index contributed by atoms with van der Waals surface area (Å²) in [4.78, 5) is 4.00. The van der Waals surface area contributed by atoms with Gasteiger partial charge in [-0.15, -0.1) is 0 Å². The predicted octanol–water partition coefficient (Wildman–Crippen LogP) is 1.60. The fourth-order valence-corrected chi connectivity index (χ4v) is 1.45. The van der Waals surface area contributed by atoms with E-state index in [0.29, 0.717) is 29.1 Å². The number of allylic oxidation sites excluding steroid dienone is 1. The lowest BCUT2D eigenvalue weighted by Crippen LogP contribution is -2.20. The molecule has 1 aromatic carbocycles. The van der Waals surface area contributed by atoms with Gasteiger partial charge in [-0.2, -0.15) is 0 Å². The topological polar surface area (TPSA) is 38.4 Å². The molecule has 0 fully saturated rings. The molecule has 2 rings (SSSR count). The highest BCUT2D eigenvalue weighted by atomic mass is 19.1. The molecule has 0 radical (unpaired) electrons. The maximum atomic E-state index is 13.3. The number of hydrogen-bond donors (Lipinski definition) is 1. The molecule has 1 aromatic rings. The van der Waals surface area contributed by atoms with Crippen LogP contribution in [-0.4, -0.2) is 5.84 Å². The second-order valence-electron chi connectivity index (χ2n) is 3.01. The van der Waals surface area contributed by atoms with E-state index in [4.69, 9.17) is 5.73 Å². The molecule has 0 unspecified atom stereocenters. The van der Waals surface area contributed by atoms with E-state index in [0.717, 1.165) is 0 Å². The normalized spacial score (nSPS) is 15.2. The van der Waals surface area contributed by atoms with Gasteiger partial charge in [0, 0.05) is 23.2 Å². The molecule has 0 spiro atoms. The molecule has 0 aromatic heterocycles. The van der Waals surface area contributed by atoms with Crippen molar-refractivity contribution in [2.45, 2.75) is 6.42 Å². The molecule has 3 heteroatoms. The maximum Gasteiger partial charge on any atom is 0.131 e. The molecule has 0 saturated heterocycles. The van der Waals surface area contributed by atoms with E-state index in [1.54, 1.807) is 12.1 Å². The van der Waals surface area contributed by atoms with Crippen LogP contribution in [-0.2, 0) is 6.42 Å². The zero-order valence-electron chi connectivity index (χ0n) is 7.05. The van der Waals surface area contributed by atoms with E-state index in [2.05, 4.69) is 11.6 Å². The Balaban J connectivity index is 2.66. The van der Waals surface area contributed by atoms with Gasteiger partial charge in [0.2, 0.25) is 0 Å². The molecule has 2 N–H and O–H groups in total. The Kier molecular flexibility index (Phi) is 1.65. The molecule has 13 heavy (non-hydrogen) atoms. The monoisotopic (exact) mass is 176 g/mol. The molecule has 0 aliphatic carbocycles. The van der Waals surface area contributed by atoms with Crippen LogP contribution < -0.4 is 5.73 Å². The smallest absolute Gasteiger partial charge is 0.131 e. The van der Waals surface area contributed by atoms with E-state index < -0.39 is 0 Å². The number of halogens is 1. The molecule has 66 valence electrons. The highest BCUT2D eigenvalue weighted by Gasteiger charge is 2.16. The number of aliphatic imine (C=N–C) groups is 1. The maximum absolute atomic E-state index is 13.3. The van der Waals surface area contributed by atoms with Crippen LogP contribution in [0.5, 0.6) is 0 Å². The van der Waals surface area contributed by atoms with Crippen molar-refractivity contribution in [3.8, 4) is 0 Å². The van der Waals surface area contributed by atoms with Crippen LogP contribution >= 0.6 is 0 Å². The highest BCUT2D eigenvalue weighted by molar-refractivity contribution is 6.00. The fourth-order valence-electron chi connectivity index (χ4n) is 1.45. The van der Waals surface area contributed by atoms with Crippen molar-refractivity contribution in [1.29, 1.82) is 0 Å². The van der Waals surface area contributed by atoms with Crippen LogP contribution in [0.1, 0.15) is 11.1 Å². The van der Waals surface area contributed by atoms with Crippen LogP contribution in [0.2, 0.25) is 0 Å². The van der Waals surface area contributed by atoms with E-state index in [9.17, 15) is 4.39 Å². The molecular formula is C10H9FN2. The molecule has 0 saturated carbocycles. The Bertz CT molecular complexity index is 407. The minimum Gasteiger partial charge on any atom is -0.383 e. The Hall–Kier alpha value is -1.64. The summed E-state index contributed by atoms with van der Waals surface area (Å²) in [7, 11) is 0. The molecule has 0 amide bonds. The summed E-state index contributed by atoms with van der Waals surface area (Å²) in [5.74, 6) is 0.113. The summed E-state index contributed by atoms with van der Waals surface area (Å²) in [6.45, 7) is 3.67. The summed E-state index contributed by atoms with van der Waals surface area (Å²) < 4.78 is 13.3. The summed E-state index contributed by atoms with van der Waals surface area (Å²) in [6.07, 6.45) is 0.447.